The molecule has 1 aromatic heterocycles. The zero-order valence-corrected chi connectivity index (χ0v) is 10.7. The van der Waals surface area contributed by atoms with E-state index in [0.29, 0.717) is 0 Å². The molecule has 1 heterocycles. The maximum atomic E-state index is 6.22. The third kappa shape index (κ3) is 2.85. The lowest BCUT2D eigenvalue weighted by Gasteiger charge is -2.07. The van der Waals surface area contributed by atoms with Gasteiger partial charge in [-0.05, 0) is 29.5 Å². The molecular formula is C13H14ClNS. The van der Waals surface area contributed by atoms with Crippen molar-refractivity contribution >= 4 is 22.9 Å². The van der Waals surface area contributed by atoms with Crippen LogP contribution in [0.3, 0.4) is 0 Å². The highest BCUT2D eigenvalue weighted by molar-refractivity contribution is 7.09. The standard InChI is InChI=1S/C13H14ClNS/c1-10-4-2-5-11(13(10)14)8-15-9-12-6-3-7-16-12/h2-7,15H,8-9H2,1H3. The molecule has 0 bridgehead atoms. The summed E-state index contributed by atoms with van der Waals surface area (Å²) in [6.07, 6.45) is 0. The lowest BCUT2D eigenvalue weighted by molar-refractivity contribution is 0.701. The molecule has 2 rings (SSSR count). The largest absolute Gasteiger partial charge is 0.308 e. The van der Waals surface area contributed by atoms with Gasteiger partial charge < -0.3 is 5.32 Å². The van der Waals surface area contributed by atoms with Crippen molar-refractivity contribution in [2.45, 2.75) is 20.0 Å². The summed E-state index contributed by atoms with van der Waals surface area (Å²) in [6.45, 7) is 3.76. The van der Waals surface area contributed by atoms with Crippen molar-refractivity contribution in [2.24, 2.45) is 0 Å². The fraction of sp³-hybridized carbons (Fsp3) is 0.231. The molecule has 1 N–H and O–H groups in total. The van der Waals surface area contributed by atoms with Gasteiger partial charge in [0.15, 0.2) is 0 Å². The molecule has 0 unspecified atom stereocenters. The highest BCUT2D eigenvalue weighted by Gasteiger charge is 2.02. The Labute approximate surface area is 105 Å². The number of rotatable bonds is 4. The van der Waals surface area contributed by atoms with Gasteiger partial charge >= 0.3 is 0 Å². The van der Waals surface area contributed by atoms with E-state index in [1.807, 2.05) is 19.1 Å². The van der Waals surface area contributed by atoms with Gasteiger partial charge in [0.1, 0.15) is 0 Å². The van der Waals surface area contributed by atoms with E-state index >= 15 is 0 Å². The maximum absolute atomic E-state index is 6.22. The lowest BCUT2D eigenvalue weighted by atomic mass is 10.1. The smallest absolute Gasteiger partial charge is 0.0480 e. The first kappa shape index (κ1) is 11.6. The van der Waals surface area contributed by atoms with Gasteiger partial charge in [0, 0.05) is 23.0 Å². The molecule has 16 heavy (non-hydrogen) atoms. The van der Waals surface area contributed by atoms with E-state index < -0.39 is 0 Å². The lowest BCUT2D eigenvalue weighted by Crippen LogP contribution is -2.12. The number of hydrogen-bond donors (Lipinski definition) is 1. The highest BCUT2D eigenvalue weighted by Crippen LogP contribution is 2.20. The monoisotopic (exact) mass is 251 g/mol. The summed E-state index contributed by atoms with van der Waals surface area (Å²) in [5, 5.41) is 6.37. The van der Waals surface area contributed by atoms with Crippen molar-refractivity contribution in [3.63, 3.8) is 0 Å². The molecule has 0 atom stereocenters. The Morgan fingerprint density at radius 2 is 2.06 bits per heavy atom. The molecule has 0 amide bonds. The first-order valence-electron chi connectivity index (χ1n) is 5.24. The van der Waals surface area contributed by atoms with Crippen LogP contribution in [0.2, 0.25) is 5.02 Å². The normalized spacial score (nSPS) is 10.6. The molecule has 0 radical (unpaired) electrons. The van der Waals surface area contributed by atoms with E-state index in [0.717, 1.165) is 23.7 Å². The van der Waals surface area contributed by atoms with Gasteiger partial charge in [-0.1, -0.05) is 35.9 Å². The van der Waals surface area contributed by atoms with Crippen LogP contribution in [-0.2, 0) is 13.1 Å². The minimum atomic E-state index is 0.818. The van der Waals surface area contributed by atoms with Crippen molar-refractivity contribution in [3.05, 3.63) is 56.7 Å². The summed E-state index contributed by atoms with van der Waals surface area (Å²) < 4.78 is 0. The first-order valence-corrected chi connectivity index (χ1v) is 6.50. The molecule has 1 nitrogen and oxygen atoms in total. The van der Waals surface area contributed by atoms with Crippen LogP contribution in [0.5, 0.6) is 0 Å². The molecule has 1 aromatic carbocycles. The fourth-order valence-corrected chi connectivity index (χ4v) is 2.45. The molecule has 2 aromatic rings. The second kappa shape index (κ2) is 5.48. The summed E-state index contributed by atoms with van der Waals surface area (Å²) in [6, 6.07) is 10.3. The van der Waals surface area contributed by atoms with Gasteiger partial charge in [0.2, 0.25) is 0 Å². The summed E-state index contributed by atoms with van der Waals surface area (Å²) >= 11 is 7.99. The molecule has 84 valence electrons. The van der Waals surface area contributed by atoms with Crippen LogP contribution in [0, 0.1) is 6.92 Å². The van der Waals surface area contributed by atoms with E-state index in [-0.39, 0.29) is 0 Å². The van der Waals surface area contributed by atoms with Crippen molar-refractivity contribution in [1.29, 1.82) is 0 Å². The topological polar surface area (TPSA) is 12.0 Å². The molecule has 0 aliphatic heterocycles. The average Bonchev–Trinajstić information content (AvgIpc) is 2.77. The van der Waals surface area contributed by atoms with Crippen molar-refractivity contribution < 1.29 is 0 Å². The van der Waals surface area contributed by atoms with E-state index in [2.05, 4.69) is 28.9 Å². The molecule has 0 aliphatic rings. The van der Waals surface area contributed by atoms with Gasteiger partial charge in [-0.25, -0.2) is 0 Å². The SMILES string of the molecule is Cc1cccc(CNCc2cccs2)c1Cl. The van der Waals surface area contributed by atoms with Gasteiger partial charge in [0.25, 0.3) is 0 Å². The Morgan fingerprint density at radius 1 is 1.19 bits per heavy atom. The number of benzene rings is 1. The predicted molar refractivity (Wildman–Crippen MR) is 71.1 cm³/mol. The van der Waals surface area contributed by atoms with Gasteiger partial charge in [0.05, 0.1) is 0 Å². The van der Waals surface area contributed by atoms with Crippen LogP contribution in [0.4, 0.5) is 0 Å². The number of aryl methyl sites for hydroxylation is 1. The van der Waals surface area contributed by atoms with Crippen molar-refractivity contribution in [2.75, 3.05) is 0 Å². The number of nitrogens with one attached hydrogen (secondary N) is 1. The minimum absolute atomic E-state index is 0.818. The van der Waals surface area contributed by atoms with E-state index in [4.69, 9.17) is 11.6 Å². The maximum Gasteiger partial charge on any atom is 0.0480 e. The quantitative estimate of drug-likeness (QED) is 0.866. The molecule has 3 heteroatoms. The van der Waals surface area contributed by atoms with E-state index in [9.17, 15) is 0 Å². The van der Waals surface area contributed by atoms with E-state index in [1.165, 1.54) is 10.4 Å². The second-order valence-electron chi connectivity index (χ2n) is 3.73. The Balaban J connectivity index is 1.92. The highest BCUT2D eigenvalue weighted by atomic mass is 35.5. The molecule has 0 saturated carbocycles. The van der Waals surface area contributed by atoms with E-state index in [1.54, 1.807) is 11.3 Å². The number of halogens is 1. The number of thiophene rings is 1. The van der Waals surface area contributed by atoms with Crippen LogP contribution in [0.1, 0.15) is 16.0 Å². The van der Waals surface area contributed by atoms with Crippen LogP contribution < -0.4 is 5.32 Å². The Morgan fingerprint density at radius 3 is 2.81 bits per heavy atom. The third-order valence-corrected chi connectivity index (χ3v) is 3.88. The molecule has 0 spiro atoms. The molecule has 0 aliphatic carbocycles. The van der Waals surface area contributed by atoms with Gasteiger partial charge in [-0.2, -0.15) is 0 Å². The predicted octanol–water partition coefficient (Wildman–Crippen LogP) is 4.00. The second-order valence-corrected chi connectivity index (χ2v) is 5.14. The zero-order valence-electron chi connectivity index (χ0n) is 9.16. The summed E-state index contributed by atoms with van der Waals surface area (Å²) in [5.41, 5.74) is 2.30. The van der Waals surface area contributed by atoms with Crippen LogP contribution in [0.15, 0.2) is 35.7 Å². The fourth-order valence-electron chi connectivity index (χ4n) is 1.58. The average molecular weight is 252 g/mol. The Hall–Kier alpha value is -0.830. The minimum Gasteiger partial charge on any atom is -0.308 e. The Kier molecular flexibility index (Phi) is 3.99. The zero-order chi connectivity index (χ0) is 11.4. The molecule has 0 saturated heterocycles. The van der Waals surface area contributed by atoms with Crippen molar-refractivity contribution in [3.8, 4) is 0 Å². The molecule has 0 fully saturated rings. The van der Waals surface area contributed by atoms with Gasteiger partial charge in [-0.15, -0.1) is 11.3 Å². The number of hydrogen-bond acceptors (Lipinski definition) is 2. The third-order valence-electron chi connectivity index (χ3n) is 2.47. The summed E-state index contributed by atoms with van der Waals surface area (Å²) in [4.78, 5) is 1.35. The first-order chi connectivity index (χ1) is 7.77. The van der Waals surface area contributed by atoms with Crippen LogP contribution in [0.25, 0.3) is 0 Å². The van der Waals surface area contributed by atoms with Gasteiger partial charge in [-0.3, -0.25) is 0 Å². The summed E-state index contributed by atoms with van der Waals surface area (Å²) in [7, 11) is 0. The summed E-state index contributed by atoms with van der Waals surface area (Å²) in [5.74, 6) is 0. The Bertz CT molecular complexity index is 451. The molecular weight excluding hydrogens is 238 g/mol. The van der Waals surface area contributed by atoms with Crippen LogP contribution in [-0.4, -0.2) is 0 Å². The van der Waals surface area contributed by atoms with Crippen LogP contribution >= 0.6 is 22.9 Å². The van der Waals surface area contributed by atoms with Crippen molar-refractivity contribution in [1.82, 2.24) is 5.32 Å².